The minimum absolute atomic E-state index is 0.404. The van der Waals surface area contributed by atoms with E-state index in [1.807, 2.05) is 19.1 Å². The van der Waals surface area contributed by atoms with Crippen molar-refractivity contribution in [1.82, 2.24) is 5.32 Å². The number of nitrogens with one attached hydrogen (secondary N) is 1. The Morgan fingerprint density at radius 1 is 1.44 bits per heavy atom. The van der Waals surface area contributed by atoms with Gasteiger partial charge in [-0.15, -0.1) is 0 Å². The molecular weight excluding hydrogens is 205 g/mol. The predicted molar refractivity (Wildman–Crippen MR) is 62.9 cm³/mol. The van der Waals surface area contributed by atoms with Gasteiger partial charge in [-0.25, -0.2) is 4.39 Å². The van der Waals surface area contributed by atoms with Gasteiger partial charge in [0.2, 0.25) is 0 Å². The van der Waals surface area contributed by atoms with E-state index in [2.05, 4.69) is 5.32 Å². The molecule has 2 aliphatic rings. The molecule has 0 heterocycles. The lowest BCUT2D eigenvalue weighted by atomic mass is 10.1. The quantitative estimate of drug-likeness (QED) is 0.794. The normalized spacial score (nSPS) is 30.5. The molecule has 0 aliphatic heterocycles. The summed E-state index contributed by atoms with van der Waals surface area (Å²) in [6.07, 6.45) is 8.95. The van der Waals surface area contributed by atoms with Gasteiger partial charge in [0, 0.05) is 18.3 Å². The van der Waals surface area contributed by atoms with E-state index in [-0.39, 0.29) is 0 Å². The molecule has 1 N–H and O–H groups in total. The third kappa shape index (κ3) is 2.85. The first-order valence-corrected chi connectivity index (χ1v) is 6.22. The second-order valence-electron chi connectivity index (χ2n) is 4.47. The number of ether oxygens (including phenoxy) is 1. The lowest BCUT2D eigenvalue weighted by Gasteiger charge is -2.22. The summed E-state index contributed by atoms with van der Waals surface area (Å²) in [7, 11) is 0. The SMILES string of the molecule is CCOC1C=CC(NC2CCCC2)=CC1F. The van der Waals surface area contributed by atoms with E-state index in [1.165, 1.54) is 25.7 Å². The fourth-order valence-corrected chi connectivity index (χ4v) is 2.37. The van der Waals surface area contributed by atoms with E-state index in [0.29, 0.717) is 12.6 Å². The third-order valence-electron chi connectivity index (χ3n) is 3.20. The Hall–Kier alpha value is -0.830. The molecule has 2 rings (SSSR count). The Kier molecular flexibility index (Phi) is 3.99. The Labute approximate surface area is 96.6 Å². The lowest BCUT2D eigenvalue weighted by molar-refractivity contribution is 0.0512. The topological polar surface area (TPSA) is 21.3 Å². The molecule has 2 unspecified atom stereocenters. The number of hydrogen-bond donors (Lipinski definition) is 1. The van der Waals surface area contributed by atoms with Crippen LogP contribution in [-0.2, 0) is 4.74 Å². The number of hydrogen-bond acceptors (Lipinski definition) is 2. The van der Waals surface area contributed by atoms with Crippen LogP contribution < -0.4 is 5.32 Å². The molecule has 1 saturated carbocycles. The van der Waals surface area contributed by atoms with Crippen LogP contribution in [0.1, 0.15) is 32.6 Å². The maximum atomic E-state index is 13.7. The van der Waals surface area contributed by atoms with Crippen molar-refractivity contribution in [2.45, 2.75) is 50.9 Å². The molecule has 2 aliphatic carbocycles. The molecule has 2 atom stereocenters. The van der Waals surface area contributed by atoms with E-state index in [1.54, 1.807) is 6.08 Å². The van der Waals surface area contributed by atoms with E-state index < -0.39 is 12.3 Å². The van der Waals surface area contributed by atoms with Crippen LogP contribution in [0.25, 0.3) is 0 Å². The number of allylic oxidation sites excluding steroid dienone is 1. The zero-order valence-electron chi connectivity index (χ0n) is 9.79. The van der Waals surface area contributed by atoms with E-state index in [0.717, 1.165) is 5.70 Å². The molecule has 3 heteroatoms. The minimum Gasteiger partial charge on any atom is -0.382 e. The van der Waals surface area contributed by atoms with Crippen molar-refractivity contribution in [2.75, 3.05) is 6.61 Å². The van der Waals surface area contributed by atoms with Gasteiger partial charge in [0.1, 0.15) is 6.10 Å². The highest BCUT2D eigenvalue weighted by Crippen LogP contribution is 2.21. The van der Waals surface area contributed by atoms with E-state index >= 15 is 0 Å². The zero-order valence-corrected chi connectivity index (χ0v) is 9.79. The first kappa shape index (κ1) is 11.6. The van der Waals surface area contributed by atoms with Gasteiger partial charge >= 0.3 is 0 Å². The van der Waals surface area contributed by atoms with Crippen molar-refractivity contribution < 1.29 is 9.13 Å². The number of rotatable bonds is 4. The Bertz CT molecular complexity index is 282. The predicted octanol–water partition coefficient (Wildman–Crippen LogP) is 2.72. The molecule has 0 radical (unpaired) electrons. The average molecular weight is 225 g/mol. The summed E-state index contributed by atoms with van der Waals surface area (Å²) < 4.78 is 18.9. The minimum atomic E-state index is -1.02. The van der Waals surface area contributed by atoms with Gasteiger partial charge in [-0.3, -0.25) is 0 Å². The molecule has 90 valence electrons. The molecule has 0 aromatic heterocycles. The monoisotopic (exact) mass is 225 g/mol. The van der Waals surface area contributed by atoms with Gasteiger partial charge in [0.15, 0.2) is 6.17 Å². The van der Waals surface area contributed by atoms with Crippen LogP contribution in [0, 0.1) is 0 Å². The summed E-state index contributed by atoms with van der Waals surface area (Å²) in [4.78, 5) is 0. The Morgan fingerprint density at radius 2 is 2.19 bits per heavy atom. The van der Waals surface area contributed by atoms with Gasteiger partial charge < -0.3 is 10.1 Å². The highest BCUT2D eigenvalue weighted by molar-refractivity contribution is 5.26. The fraction of sp³-hybridized carbons (Fsp3) is 0.692. The fourth-order valence-electron chi connectivity index (χ4n) is 2.37. The average Bonchev–Trinajstić information content (AvgIpc) is 2.75. The number of halogens is 1. The molecule has 0 aromatic carbocycles. The highest BCUT2D eigenvalue weighted by Gasteiger charge is 2.22. The van der Waals surface area contributed by atoms with Crippen molar-refractivity contribution in [1.29, 1.82) is 0 Å². The third-order valence-corrected chi connectivity index (χ3v) is 3.20. The second kappa shape index (κ2) is 5.48. The summed E-state index contributed by atoms with van der Waals surface area (Å²) in [5.41, 5.74) is 0.912. The van der Waals surface area contributed by atoms with E-state index in [4.69, 9.17) is 4.74 Å². The zero-order chi connectivity index (χ0) is 11.4. The largest absolute Gasteiger partial charge is 0.382 e. The molecular formula is C13H20FNO. The molecule has 0 bridgehead atoms. The van der Waals surface area contributed by atoms with Gasteiger partial charge in [0.25, 0.3) is 0 Å². The van der Waals surface area contributed by atoms with Gasteiger partial charge in [-0.1, -0.05) is 18.9 Å². The maximum absolute atomic E-state index is 13.7. The van der Waals surface area contributed by atoms with Gasteiger partial charge in [-0.2, -0.15) is 0 Å². The van der Waals surface area contributed by atoms with Crippen molar-refractivity contribution in [3.05, 3.63) is 23.9 Å². The molecule has 16 heavy (non-hydrogen) atoms. The molecule has 0 amide bonds. The van der Waals surface area contributed by atoms with Crippen LogP contribution in [0.4, 0.5) is 4.39 Å². The molecule has 1 fully saturated rings. The van der Waals surface area contributed by atoms with Crippen LogP contribution in [0.15, 0.2) is 23.9 Å². The summed E-state index contributed by atoms with van der Waals surface area (Å²) in [5, 5.41) is 3.39. The summed E-state index contributed by atoms with van der Waals surface area (Å²) in [6, 6.07) is 0.534. The molecule has 0 saturated heterocycles. The summed E-state index contributed by atoms with van der Waals surface area (Å²) in [5.74, 6) is 0. The lowest BCUT2D eigenvalue weighted by Crippen LogP contribution is -2.30. The van der Waals surface area contributed by atoms with Crippen LogP contribution >= 0.6 is 0 Å². The highest BCUT2D eigenvalue weighted by atomic mass is 19.1. The molecule has 0 aromatic rings. The van der Waals surface area contributed by atoms with Crippen molar-refractivity contribution in [3.8, 4) is 0 Å². The van der Waals surface area contributed by atoms with Crippen LogP contribution in [0.5, 0.6) is 0 Å². The first-order valence-electron chi connectivity index (χ1n) is 6.22. The standard InChI is InChI=1S/C13H20FNO/c1-2-16-13-8-7-11(9-12(13)14)15-10-5-3-4-6-10/h7-10,12-13,15H,2-6H2,1H3. The molecule has 2 nitrogen and oxygen atoms in total. The van der Waals surface area contributed by atoms with Gasteiger partial charge in [0.05, 0.1) is 0 Å². The second-order valence-corrected chi connectivity index (χ2v) is 4.47. The van der Waals surface area contributed by atoms with Crippen molar-refractivity contribution >= 4 is 0 Å². The van der Waals surface area contributed by atoms with Crippen molar-refractivity contribution in [3.63, 3.8) is 0 Å². The first-order chi connectivity index (χ1) is 7.79. The van der Waals surface area contributed by atoms with E-state index in [9.17, 15) is 4.39 Å². The Morgan fingerprint density at radius 3 is 2.81 bits per heavy atom. The maximum Gasteiger partial charge on any atom is 0.150 e. The Balaban J connectivity index is 1.87. The van der Waals surface area contributed by atoms with Crippen LogP contribution in [0.3, 0.4) is 0 Å². The van der Waals surface area contributed by atoms with Crippen LogP contribution in [-0.4, -0.2) is 24.9 Å². The van der Waals surface area contributed by atoms with Crippen LogP contribution in [0.2, 0.25) is 0 Å². The summed E-state index contributed by atoms with van der Waals surface area (Å²) in [6.45, 7) is 2.44. The summed E-state index contributed by atoms with van der Waals surface area (Å²) >= 11 is 0. The molecule has 0 spiro atoms. The smallest absolute Gasteiger partial charge is 0.150 e. The van der Waals surface area contributed by atoms with Crippen molar-refractivity contribution in [2.24, 2.45) is 0 Å². The van der Waals surface area contributed by atoms with Gasteiger partial charge in [-0.05, 0) is 31.9 Å². The number of alkyl halides is 1.